The molecule has 3 rings (SSSR count). The van der Waals surface area contributed by atoms with Crippen molar-refractivity contribution in [1.82, 2.24) is 15.1 Å². The van der Waals surface area contributed by atoms with Crippen LogP contribution >= 0.6 is 0 Å². The average molecular weight is 373 g/mol. The smallest absolute Gasteiger partial charge is 0.193 e. The molecular weight excluding hydrogens is 336 g/mol. The molecule has 0 bridgehead atoms. The summed E-state index contributed by atoms with van der Waals surface area (Å²) in [5, 5.41) is 3.46. The Labute approximate surface area is 164 Å². The molecule has 2 heterocycles. The van der Waals surface area contributed by atoms with Gasteiger partial charge in [-0.15, -0.1) is 0 Å². The van der Waals surface area contributed by atoms with Gasteiger partial charge >= 0.3 is 0 Å². The van der Waals surface area contributed by atoms with Crippen LogP contribution in [0.5, 0.6) is 0 Å². The normalized spacial score (nSPS) is 23.7. The highest BCUT2D eigenvalue weighted by Crippen LogP contribution is 2.18. The van der Waals surface area contributed by atoms with Gasteiger partial charge in [-0.1, -0.05) is 30.3 Å². The molecule has 2 unspecified atom stereocenters. The Hall–Kier alpha value is -1.59. The van der Waals surface area contributed by atoms with Crippen molar-refractivity contribution in [3.05, 3.63) is 35.9 Å². The fourth-order valence-electron chi connectivity index (χ4n) is 4.08. The molecule has 5 nitrogen and oxygen atoms in total. The first-order valence-corrected chi connectivity index (χ1v) is 10.6. The van der Waals surface area contributed by atoms with Gasteiger partial charge in [0, 0.05) is 52.3 Å². The summed E-state index contributed by atoms with van der Waals surface area (Å²) in [6, 6.07) is 10.8. The Bertz CT molecular complexity index is 571. The molecule has 1 aromatic carbocycles. The first-order valence-electron chi connectivity index (χ1n) is 10.6. The Morgan fingerprint density at radius 3 is 2.85 bits per heavy atom. The van der Waals surface area contributed by atoms with Crippen LogP contribution in [0.3, 0.4) is 0 Å². The van der Waals surface area contributed by atoms with Crippen molar-refractivity contribution < 1.29 is 4.74 Å². The predicted molar refractivity (Wildman–Crippen MR) is 112 cm³/mol. The van der Waals surface area contributed by atoms with Gasteiger partial charge < -0.3 is 19.9 Å². The van der Waals surface area contributed by atoms with Crippen LogP contribution in [0, 0.1) is 11.8 Å². The molecule has 1 aromatic rings. The van der Waals surface area contributed by atoms with E-state index in [4.69, 9.17) is 9.73 Å². The number of benzene rings is 1. The van der Waals surface area contributed by atoms with Crippen molar-refractivity contribution in [2.45, 2.75) is 26.2 Å². The van der Waals surface area contributed by atoms with Gasteiger partial charge in [0.15, 0.2) is 5.96 Å². The minimum absolute atomic E-state index is 0.638. The van der Waals surface area contributed by atoms with Crippen molar-refractivity contribution in [2.75, 3.05) is 59.5 Å². The molecule has 2 aliphatic heterocycles. The third kappa shape index (κ3) is 6.51. The summed E-state index contributed by atoms with van der Waals surface area (Å²) in [5.74, 6) is 2.36. The molecule has 150 valence electrons. The summed E-state index contributed by atoms with van der Waals surface area (Å²) in [7, 11) is 2.15. The molecule has 0 aromatic heterocycles. The van der Waals surface area contributed by atoms with Crippen LogP contribution in [0.1, 0.15) is 25.3 Å². The van der Waals surface area contributed by atoms with E-state index in [1.165, 1.54) is 31.5 Å². The molecule has 2 fully saturated rings. The summed E-state index contributed by atoms with van der Waals surface area (Å²) >= 11 is 0. The van der Waals surface area contributed by atoms with Gasteiger partial charge in [-0.05, 0) is 44.2 Å². The van der Waals surface area contributed by atoms with E-state index in [-0.39, 0.29) is 0 Å². The second-order valence-corrected chi connectivity index (χ2v) is 8.00. The number of aliphatic imine (C=N–C) groups is 1. The zero-order chi connectivity index (χ0) is 18.9. The van der Waals surface area contributed by atoms with E-state index in [9.17, 15) is 0 Å². The monoisotopic (exact) mass is 372 g/mol. The minimum Gasteiger partial charge on any atom is -0.381 e. The highest BCUT2D eigenvalue weighted by Gasteiger charge is 2.23. The second-order valence-electron chi connectivity index (χ2n) is 8.00. The first-order chi connectivity index (χ1) is 13.2. The van der Waals surface area contributed by atoms with Crippen molar-refractivity contribution in [3.63, 3.8) is 0 Å². The predicted octanol–water partition coefficient (Wildman–Crippen LogP) is 2.48. The minimum atomic E-state index is 0.638. The molecular formula is C22H36N4O. The lowest BCUT2D eigenvalue weighted by Crippen LogP contribution is -2.41. The van der Waals surface area contributed by atoms with Crippen molar-refractivity contribution in [2.24, 2.45) is 16.8 Å². The number of rotatable bonds is 8. The number of guanidine groups is 1. The molecule has 2 aliphatic rings. The van der Waals surface area contributed by atoms with E-state index in [1.807, 2.05) is 0 Å². The van der Waals surface area contributed by atoms with Crippen molar-refractivity contribution in [3.8, 4) is 0 Å². The van der Waals surface area contributed by atoms with Crippen LogP contribution < -0.4 is 5.32 Å². The summed E-state index contributed by atoms with van der Waals surface area (Å²) < 4.78 is 5.51. The summed E-state index contributed by atoms with van der Waals surface area (Å²) in [4.78, 5) is 9.83. The molecule has 0 amide bonds. The van der Waals surface area contributed by atoms with Gasteiger partial charge in [-0.25, -0.2) is 0 Å². The maximum Gasteiger partial charge on any atom is 0.193 e. The quantitative estimate of drug-likeness (QED) is 0.562. The van der Waals surface area contributed by atoms with Gasteiger partial charge in [-0.3, -0.25) is 4.99 Å². The molecule has 5 heteroatoms. The van der Waals surface area contributed by atoms with E-state index < -0.39 is 0 Å². The average Bonchev–Trinajstić information content (AvgIpc) is 3.36. The molecule has 2 saturated heterocycles. The van der Waals surface area contributed by atoms with Crippen molar-refractivity contribution >= 4 is 5.96 Å². The van der Waals surface area contributed by atoms with Crippen molar-refractivity contribution in [1.29, 1.82) is 0 Å². The lowest BCUT2D eigenvalue weighted by Gasteiger charge is -2.25. The van der Waals surface area contributed by atoms with Gasteiger partial charge in [0.2, 0.25) is 0 Å². The van der Waals surface area contributed by atoms with E-state index in [0.29, 0.717) is 11.8 Å². The molecule has 0 spiro atoms. The zero-order valence-electron chi connectivity index (χ0n) is 17.1. The fourth-order valence-corrected chi connectivity index (χ4v) is 4.08. The number of nitrogens with one attached hydrogen (secondary N) is 1. The van der Waals surface area contributed by atoms with Crippen LogP contribution in [-0.4, -0.2) is 75.3 Å². The van der Waals surface area contributed by atoms with Gasteiger partial charge in [0.1, 0.15) is 0 Å². The van der Waals surface area contributed by atoms with Crippen LogP contribution in [0.15, 0.2) is 35.3 Å². The third-order valence-electron chi connectivity index (χ3n) is 5.68. The van der Waals surface area contributed by atoms with Gasteiger partial charge in [0.05, 0.1) is 6.61 Å². The van der Waals surface area contributed by atoms with Gasteiger partial charge in [0.25, 0.3) is 0 Å². The van der Waals surface area contributed by atoms with E-state index in [0.717, 1.165) is 51.8 Å². The summed E-state index contributed by atoms with van der Waals surface area (Å²) in [6.45, 7) is 10.4. The Morgan fingerprint density at radius 2 is 2.11 bits per heavy atom. The Balaban J connectivity index is 1.43. The molecule has 2 atom stereocenters. The van der Waals surface area contributed by atoms with Gasteiger partial charge in [-0.2, -0.15) is 0 Å². The number of hydrogen-bond donors (Lipinski definition) is 1. The fraction of sp³-hybridized carbons (Fsp3) is 0.682. The SMILES string of the molecule is CCNC(=NCC1CCN(CCc2ccccc2)C1)N(C)CC1CCOC1. The van der Waals surface area contributed by atoms with E-state index >= 15 is 0 Å². The molecule has 0 saturated carbocycles. The lowest BCUT2D eigenvalue weighted by atomic mass is 10.1. The number of nitrogens with zero attached hydrogens (tertiary/aromatic N) is 3. The number of ether oxygens (including phenoxy) is 1. The number of likely N-dealkylation sites (tertiary alicyclic amines) is 1. The zero-order valence-corrected chi connectivity index (χ0v) is 17.1. The van der Waals surface area contributed by atoms with Crippen LogP contribution in [0.2, 0.25) is 0 Å². The maximum absolute atomic E-state index is 5.51. The highest BCUT2D eigenvalue weighted by atomic mass is 16.5. The largest absolute Gasteiger partial charge is 0.381 e. The topological polar surface area (TPSA) is 40.1 Å². The van der Waals surface area contributed by atoms with Crippen LogP contribution in [-0.2, 0) is 11.2 Å². The van der Waals surface area contributed by atoms with E-state index in [1.54, 1.807) is 0 Å². The lowest BCUT2D eigenvalue weighted by molar-refractivity contribution is 0.181. The standard InChI is InChI=1S/C22H36N4O/c1-3-23-22(25(2)16-21-11-14-27-18-21)24-15-20-10-13-26(17-20)12-9-19-7-5-4-6-8-19/h4-8,20-21H,3,9-18H2,1-2H3,(H,23,24). The third-order valence-corrected chi connectivity index (χ3v) is 5.68. The number of hydrogen-bond acceptors (Lipinski definition) is 3. The first kappa shape index (κ1) is 20.2. The molecule has 0 radical (unpaired) electrons. The molecule has 1 N–H and O–H groups in total. The maximum atomic E-state index is 5.51. The van der Waals surface area contributed by atoms with Crippen LogP contribution in [0.25, 0.3) is 0 Å². The molecule has 0 aliphatic carbocycles. The summed E-state index contributed by atoms with van der Waals surface area (Å²) in [6.07, 6.45) is 3.58. The Kier molecular flexibility index (Phi) is 7.96. The second kappa shape index (κ2) is 10.7. The molecule has 27 heavy (non-hydrogen) atoms. The highest BCUT2D eigenvalue weighted by molar-refractivity contribution is 5.79. The summed E-state index contributed by atoms with van der Waals surface area (Å²) in [5.41, 5.74) is 1.44. The Morgan fingerprint density at radius 1 is 1.26 bits per heavy atom. The van der Waals surface area contributed by atoms with E-state index in [2.05, 4.69) is 59.4 Å². The van der Waals surface area contributed by atoms with Crippen LogP contribution in [0.4, 0.5) is 0 Å².